The largest absolute Gasteiger partial charge is 0.354 e. The van der Waals surface area contributed by atoms with Crippen molar-refractivity contribution in [1.82, 2.24) is 4.98 Å². The van der Waals surface area contributed by atoms with Gasteiger partial charge in [-0.2, -0.15) is 0 Å². The number of nitrogens with zero attached hydrogens (tertiary/aromatic N) is 2. The highest BCUT2D eigenvalue weighted by atomic mass is 35.5. The number of pyridine rings is 1. The van der Waals surface area contributed by atoms with Gasteiger partial charge in [0, 0.05) is 33.2 Å². The van der Waals surface area contributed by atoms with Gasteiger partial charge in [0.05, 0.1) is 21.8 Å². The molecule has 1 atom stereocenters. The summed E-state index contributed by atoms with van der Waals surface area (Å²) in [5.74, 6) is 0. The minimum Gasteiger partial charge on any atom is -0.354 e. The maximum atomic E-state index is 11.4. The van der Waals surface area contributed by atoms with Gasteiger partial charge in [0.1, 0.15) is 0 Å². The van der Waals surface area contributed by atoms with Crippen LogP contribution in [0.3, 0.4) is 0 Å². The molecule has 0 aliphatic rings. The monoisotopic (exact) mass is 413 g/mol. The number of nitroso groups, excluding NO2 is 1. The SMILES string of the molecule is O=NC(c1ccc(Nc2cncc3ccccc23)cc1Cl)c1sccc1Cl. The molecule has 4 aromatic rings. The van der Waals surface area contributed by atoms with Gasteiger partial charge in [0.15, 0.2) is 6.04 Å². The van der Waals surface area contributed by atoms with Crippen molar-refractivity contribution in [3.8, 4) is 0 Å². The molecule has 0 aliphatic heterocycles. The Kier molecular flexibility index (Phi) is 5.07. The number of benzene rings is 2. The fourth-order valence-corrected chi connectivity index (χ4v) is 4.43. The summed E-state index contributed by atoms with van der Waals surface area (Å²) in [5, 5.41) is 11.5. The molecule has 0 bridgehead atoms. The normalized spacial score (nSPS) is 12.1. The van der Waals surface area contributed by atoms with Crippen LogP contribution in [0.2, 0.25) is 10.0 Å². The molecule has 4 rings (SSSR count). The Morgan fingerprint density at radius 3 is 2.63 bits per heavy atom. The molecule has 0 spiro atoms. The minimum atomic E-state index is -0.724. The zero-order valence-corrected chi connectivity index (χ0v) is 16.2. The second-order valence-corrected chi connectivity index (χ2v) is 7.67. The summed E-state index contributed by atoms with van der Waals surface area (Å²) < 4.78 is 0. The Labute approximate surface area is 169 Å². The second-order valence-electron chi connectivity index (χ2n) is 5.91. The molecule has 0 amide bonds. The van der Waals surface area contributed by atoms with Crippen molar-refractivity contribution in [2.24, 2.45) is 5.18 Å². The van der Waals surface area contributed by atoms with Crippen molar-refractivity contribution in [2.45, 2.75) is 6.04 Å². The first-order valence-electron chi connectivity index (χ1n) is 8.12. The number of fused-ring (bicyclic) bond motifs is 1. The van der Waals surface area contributed by atoms with Gasteiger partial charge in [-0.3, -0.25) is 4.98 Å². The van der Waals surface area contributed by atoms with E-state index in [4.69, 9.17) is 23.2 Å². The van der Waals surface area contributed by atoms with E-state index in [-0.39, 0.29) is 0 Å². The number of aromatic nitrogens is 1. The number of thiophene rings is 1. The van der Waals surface area contributed by atoms with Crippen molar-refractivity contribution in [3.63, 3.8) is 0 Å². The number of rotatable bonds is 5. The summed E-state index contributed by atoms with van der Waals surface area (Å²) in [6.45, 7) is 0. The van der Waals surface area contributed by atoms with Gasteiger partial charge in [-0.15, -0.1) is 16.2 Å². The Bertz CT molecular complexity index is 1120. The number of hydrogen-bond acceptors (Lipinski definition) is 5. The number of nitrogens with one attached hydrogen (secondary N) is 1. The molecule has 2 aromatic heterocycles. The van der Waals surface area contributed by atoms with Crippen LogP contribution < -0.4 is 5.32 Å². The van der Waals surface area contributed by atoms with E-state index in [0.717, 1.165) is 22.1 Å². The van der Waals surface area contributed by atoms with Gasteiger partial charge in [0.2, 0.25) is 0 Å². The van der Waals surface area contributed by atoms with Gasteiger partial charge in [0.25, 0.3) is 0 Å². The highest BCUT2D eigenvalue weighted by molar-refractivity contribution is 7.10. The molecular weight excluding hydrogens is 401 g/mol. The highest BCUT2D eigenvalue weighted by Gasteiger charge is 2.22. The summed E-state index contributed by atoms with van der Waals surface area (Å²) in [7, 11) is 0. The maximum Gasteiger partial charge on any atom is 0.154 e. The summed E-state index contributed by atoms with van der Waals surface area (Å²) >= 11 is 14.0. The van der Waals surface area contributed by atoms with Crippen LogP contribution >= 0.6 is 34.5 Å². The van der Waals surface area contributed by atoms with E-state index in [1.165, 1.54) is 11.3 Å². The first kappa shape index (κ1) is 17.9. The van der Waals surface area contributed by atoms with Crippen LogP contribution in [0.15, 0.2) is 71.5 Å². The van der Waals surface area contributed by atoms with Crippen LogP contribution in [0.4, 0.5) is 11.4 Å². The zero-order chi connectivity index (χ0) is 18.8. The van der Waals surface area contributed by atoms with Crippen molar-refractivity contribution in [1.29, 1.82) is 0 Å². The predicted molar refractivity (Wildman–Crippen MR) is 113 cm³/mol. The molecule has 2 aromatic carbocycles. The zero-order valence-electron chi connectivity index (χ0n) is 13.9. The van der Waals surface area contributed by atoms with Gasteiger partial charge in [-0.05, 0) is 23.6 Å². The third-order valence-electron chi connectivity index (χ3n) is 4.24. The standard InChI is InChI=1S/C20H13Cl2N3OS/c21-16-7-8-27-20(16)19(25-26)15-6-5-13(9-17(15)22)24-18-11-23-10-12-3-1-2-4-14(12)18/h1-11,19,24H. The first-order valence-corrected chi connectivity index (χ1v) is 9.75. The van der Waals surface area contributed by atoms with E-state index >= 15 is 0 Å². The number of halogens is 2. The second kappa shape index (κ2) is 7.64. The van der Waals surface area contributed by atoms with E-state index in [2.05, 4.69) is 15.5 Å². The molecule has 0 saturated carbocycles. The van der Waals surface area contributed by atoms with Crippen molar-refractivity contribution < 1.29 is 0 Å². The summed E-state index contributed by atoms with van der Waals surface area (Å²) in [6.07, 6.45) is 3.59. The Hall–Kier alpha value is -2.47. The smallest absolute Gasteiger partial charge is 0.154 e. The van der Waals surface area contributed by atoms with Gasteiger partial charge in [-0.25, -0.2) is 0 Å². The lowest BCUT2D eigenvalue weighted by atomic mass is 10.1. The van der Waals surface area contributed by atoms with E-state index < -0.39 is 6.04 Å². The highest BCUT2D eigenvalue weighted by Crippen LogP contribution is 2.39. The third-order valence-corrected chi connectivity index (χ3v) is 5.98. The molecule has 1 N–H and O–H groups in total. The Morgan fingerprint density at radius 1 is 1.04 bits per heavy atom. The molecule has 1 unspecified atom stereocenters. The lowest BCUT2D eigenvalue weighted by Crippen LogP contribution is -1.98. The molecule has 0 fully saturated rings. The van der Waals surface area contributed by atoms with Crippen LogP contribution in [-0.4, -0.2) is 4.98 Å². The minimum absolute atomic E-state index is 0.447. The van der Waals surface area contributed by atoms with E-state index in [1.807, 2.05) is 41.9 Å². The fourth-order valence-electron chi connectivity index (χ4n) is 2.94. The van der Waals surface area contributed by atoms with Crippen LogP contribution in [-0.2, 0) is 0 Å². The van der Waals surface area contributed by atoms with E-state index in [9.17, 15) is 4.91 Å². The van der Waals surface area contributed by atoms with Crippen LogP contribution in [0.25, 0.3) is 10.8 Å². The van der Waals surface area contributed by atoms with Gasteiger partial charge >= 0.3 is 0 Å². The molecular formula is C20H13Cl2N3OS. The van der Waals surface area contributed by atoms with Crippen LogP contribution in [0.1, 0.15) is 16.5 Å². The van der Waals surface area contributed by atoms with Crippen molar-refractivity contribution in [2.75, 3.05) is 5.32 Å². The average molecular weight is 414 g/mol. The first-order chi connectivity index (χ1) is 13.2. The average Bonchev–Trinajstić information content (AvgIpc) is 3.10. The lowest BCUT2D eigenvalue weighted by molar-refractivity contribution is 0.885. The summed E-state index contributed by atoms with van der Waals surface area (Å²) in [4.78, 5) is 16.4. The van der Waals surface area contributed by atoms with E-state index in [0.29, 0.717) is 20.5 Å². The number of hydrogen-bond donors (Lipinski definition) is 1. The van der Waals surface area contributed by atoms with Gasteiger partial charge in [-0.1, -0.05) is 58.7 Å². The quantitative estimate of drug-likeness (QED) is 0.351. The molecule has 0 saturated heterocycles. The predicted octanol–water partition coefficient (Wildman–Crippen LogP) is 7.20. The molecule has 4 nitrogen and oxygen atoms in total. The van der Waals surface area contributed by atoms with Crippen LogP contribution in [0, 0.1) is 4.91 Å². The Morgan fingerprint density at radius 2 is 1.89 bits per heavy atom. The molecule has 2 heterocycles. The topological polar surface area (TPSA) is 54.4 Å². The summed E-state index contributed by atoms with van der Waals surface area (Å²) in [6, 6.07) is 14.5. The van der Waals surface area contributed by atoms with Gasteiger partial charge < -0.3 is 5.32 Å². The van der Waals surface area contributed by atoms with E-state index in [1.54, 1.807) is 24.4 Å². The molecule has 134 valence electrons. The maximum absolute atomic E-state index is 11.4. The van der Waals surface area contributed by atoms with Crippen molar-refractivity contribution >= 4 is 56.7 Å². The van der Waals surface area contributed by atoms with Crippen LogP contribution in [0.5, 0.6) is 0 Å². The van der Waals surface area contributed by atoms with Crippen molar-refractivity contribution in [3.05, 3.63) is 91.7 Å². The Balaban J connectivity index is 1.67. The molecule has 7 heteroatoms. The molecule has 27 heavy (non-hydrogen) atoms. The lowest BCUT2D eigenvalue weighted by Gasteiger charge is -2.14. The number of anilines is 2. The molecule has 0 radical (unpaired) electrons. The fraction of sp³-hybridized carbons (Fsp3) is 0.0500. The summed E-state index contributed by atoms with van der Waals surface area (Å²) in [5.41, 5.74) is 2.30. The third kappa shape index (κ3) is 3.54. The molecule has 0 aliphatic carbocycles.